The van der Waals surface area contributed by atoms with Crippen molar-refractivity contribution < 1.29 is 4.74 Å². The predicted octanol–water partition coefficient (Wildman–Crippen LogP) is 1.71. The summed E-state index contributed by atoms with van der Waals surface area (Å²) in [5.74, 6) is 0. The van der Waals surface area contributed by atoms with Gasteiger partial charge in [0.25, 0.3) is 0 Å². The molecule has 1 atom stereocenters. The first-order valence-corrected chi connectivity index (χ1v) is 6.12. The lowest BCUT2D eigenvalue weighted by Crippen LogP contribution is -2.33. The summed E-state index contributed by atoms with van der Waals surface area (Å²) < 4.78 is 5.77. The molecule has 2 aliphatic rings. The minimum atomic E-state index is 0.237. The van der Waals surface area contributed by atoms with E-state index in [1.807, 2.05) is 0 Å². The monoisotopic (exact) mass is 218 g/mol. The molecule has 1 fully saturated rings. The lowest BCUT2D eigenvalue weighted by atomic mass is 9.98. The van der Waals surface area contributed by atoms with E-state index in [1.54, 1.807) is 0 Å². The smallest absolute Gasteiger partial charge is 0.0949 e. The maximum atomic E-state index is 5.77. The molecule has 2 N–H and O–H groups in total. The zero-order chi connectivity index (χ0) is 10.8. The summed E-state index contributed by atoms with van der Waals surface area (Å²) in [6.07, 6.45) is 2.66. The predicted molar refractivity (Wildman–Crippen MR) is 64.8 cm³/mol. The maximum absolute atomic E-state index is 5.77. The molecule has 0 amide bonds. The Kier molecular flexibility index (Phi) is 2.80. The van der Waals surface area contributed by atoms with Crippen molar-refractivity contribution in [3.05, 3.63) is 29.3 Å². The van der Waals surface area contributed by atoms with Crippen molar-refractivity contribution >= 4 is 5.69 Å². The van der Waals surface area contributed by atoms with E-state index in [9.17, 15) is 0 Å². The van der Waals surface area contributed by atoms with Gasteiger partial charge in [-0.05, 0) is 30.0 Å². The Balaban J connectivity index is 1.84. The van der Waals surface area contributed by atoms with Crippen molar-refractivity contribution in [3.8, 4) is 0 Å². The highest BCUT2D eigenvalue weighted by Crippen LogP contribution is 2.27. The third-order valence-electron chi connectivity index (χ3n) is 3.37. The highest BCUT2D eigenvalue weighted by atomic mass is 16.5. The van der Waals surface area contributed by atoms with Crippen LogP contribution in [0.3, 0.4) is 0 Å². The van der Waals surface area contributed by atoms with Crippen molar-refractivity contribution in [1.29, 1.82) is 0 Å². The van der Waals surface area contributed by atoms with Crippen LogP contribution in [0.5, 0.6) is 0 Å². The van der Waals surface area contributed by atoms with Gasteiger partial charge in [-0.1, -0.05) is 12.1 Å². The number of fused-ring (bicyclic) bond motifs is 1. The second kappa shape index (κ2) is 4.44. The summed E-state index contributed by atoms with van der Waals surface area (Å²) in [5.41, 5.74) is 4.06. The molecule has 1 aromatic rings. The van der Waals surface area contributed by atoms with Crippen molar-refractivity contribution in [2.75, 3.05) is 31.6 Å². The van der Waals surface area contributed by atoms with E-state index in [4.69, 9.17) is 4.74 Å². The fourth-order valence-electron chi connectivity index (χ4n) is 2.47. The molecule has 0 aromatic heterocycles. The number of anilines is 1. The number of benzene rings is 1. The van der Waals surface area contributed by atoms with Crippen LogP contribution >= 0.6 is 0 Å². The second-order valence-corrected chi connectivity index (χ2v) is 4.51. The Morgan fingerprint density at radius 2 is 2.25 bits per heavy atom. The number of nitrogens with one attached hydrogen (secondary N) is 2. The molecule has 1 unspecified atom stereocenters. The number of ether oxygens (including phenoxy) is 1. The fraction of sp³-hybridized carbons (Fsp3) is 0.538. The van der Waals surface area contributed by atoms with Gasteiger partial charge in [-0.25, -0.2) is 0 Å². The van der Waals surface area contributed by atoms with E-state index in [-0.39, 0.29) is 6.10 Å². The Hall–Kier alpha value is -1.06. The summed E-state index contributed by atoms with van der Waals surface area (Å²) in [7, 11) is 0. The average molecular weight is 218 g/mol. The highest BCUT2D eigenvalue weighted by molar-refractivity contribution is 5.54. The zero-order valence-electron chi connectivity index (χ0n) is 9.46. The van der Waals surface area contributed by atoms with E-state index >= 15 is 0 Å². The topological polar surface area (TPSA) is 33.3 Å². The Labute approximate surface area is 96.2 Å². The van der Waals surface area contributed by atoms with E-state index in [2.05, 4.69) is 28.8 Å². The molecule has 3 rings (SSSR count). The molecular formula is C13H18N2O. The van der Waals surface area contributed by atoms with E-state index < -0.39 is 0 Å². The molecule has 2 heterocycles. The Bertz CT molecular complexity index is 372. The van der Waals surface area contributed by atoms with Gasteiger partial charge in [0.2, 0.25) is 0 Å². The summed E-state index contributed by atoms with van der Waals surface area (Å²) in [6, 6.07) is 6.69. The molecule has 0 radical (unpaired) electrons. The summed E-state index contributed by atoms with van der Waals surface area (Å²) >= 11 is 0. The Morgan fingerprint density at radius 1 is 1.25 bits per heavy atom. The molecule has 0 aliphatic carbocycles. The van der Waals surface area contributed by atoms with Gasteiger partial charge in [0.1, 0.15) is 0 Å². The minimum absolute atomic E-state index is 0.237. The minimum Gasteiger partial charge on any atom is -0.385 e. The van der Waals surface area contributed by atoms with E-state index in [0.717, 1.165) is 26.2 Å². The molecule has 0 bridgehead atoms. The molecule has 0 saturated carbocycles. The summed E-state index contributed by atoms with van der Waals surface area (Å²) in [5, 5.41) is 6.81. The molecule has 3 nitrogen and oxygen atoms in total. The molecular weight excluding hydrogens is 200 g/mol. The van der Waals surface area contributed by atoms with Crippen molar-refractivity contribution in [3.63, 3.8) is 0 Å². The van der Waals surface area contributed by atoms with E-state index in [1.165, 1.54) is 29.7 Å². The second-order valence-electron chi connectivity index (χ2n) is 4.51. The van der Waals surface area contributed by atoms with Crippen LogP contribution in [-0.2, 0) is 11.2 Å². The zero-order valence-corrected chi connectivity index (χ0v) is 9.46. The van der Waals surface area contributed by atoms with Crippen molar-refractivity contribution in [2.24, 2.45) is 0 Å². The largest absolute Gasteiger partial charge is 0.385 e. The first-order valence-electron chi connectivity index (χ1n) is 6.12. The van der Waals surface area contributed by atoms with Crippen molar-refractivity contribution in [1.82, 2.24) is 5.32 Å². The van der Waals surface area contributed by atoms with Gasteiger partial charge < -0.3 is 15.4 Å². The molecule has 3 heteroatoms. The summed E-state index contributed by atoms with van der Waals surface area (Å²) in [6.45, 7) is 3.84. The van der Waals surface area contributed by atoms with Crippen LogP contribution < -0.4 is 10.6 Å². The number of hydrogen-bond donors (Lipinski definition) is 2. The van der Waals surface area contributed by atoms with Crippen LogP contribution in [0, 0.1) is 0 Å². The molecule has 86 valence electrons. The van der Waals surface area contributed by atoms with Crippen LogP contribution in [0.4, 0.5) is 5.69 Å². The molecule has 1 aromatic carbocycles. The third kappa shape index (κ3) is 1.93. The first-order chi connectivity index (χ1) is 7.93. The number of aryl methyl sites for hydroxylation is 1. The van der Waals surface area contributed by atoms with Crippen molar-refractivity contribution in [2.45, 2.75) is 18.9 Å². The summed E-state index contributed by atoms with van der Waals surface area (Å²) in [4.78, 5) is 0. The van der Waals surface area contributed by atoms with Crippen LogP contribution in [0.2, 0.25) is 0 Å². The molecule has 1 saturated heterocycles. The van der Waals surface area contributed by atoms with Gasteiger partial charge >= 0.3 is 0 Å². The third-order valence-corrected chi connectivity index (χ3v) is 3.37. The average Bonchev–Trinajstić information content (AvgIpc) is 2.39. The van der Waals surface area contributed by atoms with Crippen LogP contribution in [0.25, 0.3) is 0 Å². The number of rotatable bonds is 1. The fourth-order valence-corrected chi connectivity index (χ4v) is 2.47. The number of morpholine rings is 1. The quantitative estimate of drug-likeness (QED) is 0.753. The molecule has 16 heavy (non-hydrogen) atoms. The van der Waals surface area contributed by atoms with Crippen LogP contribution in [0.1, 0.15) is 23.7 Å². The van der Waals surface area contributed by atoms with E-state index in [0.29, 0.717) is 0 Å². The van der Waals surface area contributed by atoms with Gasteiger partial charge in [0.15, 0.2) is 0 Å². The van der Waals surface area contributed by atoms with Crippen LogP contribution in [0.15, 0.2) is 18.2 Å². The number of hydrogen-bond acceptors (Lipinski definition) is 3. The highest BCUT2D eigenvalue weighted by Gasteiger charge is 2.17. The van der Waals surface area contributed by atoms with Gasteiger partial charge in [-0.2, -0.15) is 0 Å². The normalized spacial score (nSPS) is 24.6. The molecule has 2 aliphatic heterocycles. The maximum Gasteiger partial charge on any atom is 0.0949 e. The van der Waals surface area contributed by atoms with Gasteiger partial charge in [-0.3, -0.25) is 0 Å². The Morgan fingerprint density at radius 3 is 3.12 bits per heavy atom. The first kappa shape index (κ1) is 10.1. The standard InChI is InChI=1S/C13H18N2O/c1-2-10-8-11(3-4-12(10)15-5-1)13-9-14-6-7-16-13/h3-4,8,13-15H,1-2,5-7,9H2. The lowest BCUT2D eigenvalue weighted by Gasteiger charge is -2.26. The van der Waals surface area contributed by atoms with Crippen LogP contribution in [-0.4, -0.2) is 26.2 Å². The van der Waals surface area contributed by atoms with Gasteiger partial charge in [0, 0.05) is 25.3 Å². The lowest BCUT2D eigenvalue weighted by molar-refractivity contribution is 0.0276. The van der Waals surface area contributed by atoms with Gasteiger partial charge in [-0.15, -0.1) is 0 Å². The SMILES string of the molecule is c1cc2c(cc1C1CNCCO1)CCCN2. The molecule has 0 spiro atoms. The van der Waals surface area contributed by atoms with Gasteiger partial charge in [0.05, 0.1) is 12.7 Å².